The molecule has 7 heteroatoms. The van der Waals surface area contributed by atoms with Crippen LogP contribution in [-0.2, 0) is 4.57 Å². The molecule has 0 aromatic heterocycles. The average molecular weight is 328 g/mol. The van der Waals surface area contributed by atoms with Crippen LogP contribution in [0.25, 0.3) is 0 Å². The predicted octanol–water partition coefficient (Wildman–Crippen LogP) is -2.55. The van der Waals surface area contributed by atoms with Gasteiger partial charge < -0.3 is 19.2 Å². The van der Waals surface area contributed by atoms with E-state index in [0.717, 1.165) is 0 Å². The van der Waals surface area contributed by atoms with E-state index in [4.69, 9.17) is 20.9 Å². The molecule has 0 aliphatic rings. The molecule has 0 atom stereocenters. The summed E-state index contributed by atoms with van der Waals surface area (Å²) in [6.45, 7) is 0. The van der Waals surface area contributed by atoms with Crippen LogP contribution in [0.3, 0.4) is 0 Å². The molecule has 0 saturated heterocycles. The monoisotopic (exact) mass is 328 g/mol. The van der Waals surface area contributed by atoms with E-state index < -0.39 is 45.8 Å². The summed E-state index contributed by atoms with van der Waals surface area (Å²) in [5, 5.41) is 0. The van der Waals surface area contributed by atoms with Crippen LogP contribution in [0.2, 0.25) is 0 Å². The van der Waals surface area contributed by atoms with Gasteiger partial charge in [0.25, 0.3) is 0 Å². The van der Waals surface area contributed by atoms with Crippen molar-refractivity contribution in [1.82, 2.24) is 0 Å². The summed E-state index contributed by atoms with van der Waals surface area (Å²) in [5.41, 5.74) is 0. The van der Waals surface area contributed by atoms with Crippen molar-refractivity contribution in [1.29, 1.82) is 0 Å². The van der Waals surface area contributed by atoms with Crippen molar-refractivity contribution in [2.45, 2.75) is 0 Å². The quantitative estimate of drug-likeness (QED) is 0.570. The molecule has 0 amide bonds. The number of hydrogen-bond acceptors (Lipinski definition) is 5. The van der Waals surface area contributed by atoms with Gasteiger partial charge in [-0.1, -0.05) is 0 Å². The molecule has 1 aromatic rings. The Morgan fingerprint density at radius 1 is 1.15 bits per heavy atom. The first-order valence-corrected chi connectivity index (χ1v) is 8.02. The van der Waals surface area contributed by atoms with Gasteiger partial charge in [0.2, 0.25) is 0 Å². The first kappa shape index (κ1) is 13.7. The fourth-order valence-electron chi connectivity index (χ4n) is 0.534. The van der Waals surface area contributed by atoms with Gasteiger partial charge in [-0.2, -0.15) is 7.82 Å². The van der Waals surface area contributed by atoms with Gasteiger partial charge >= 0.3 is 71.1 Å². The predicted molar refractivity (Wildman–Crippen MR) is 37.9 cm³/mol. The summed E-state index contributed by atoms with van der Waals surface area (Å²) in [6.07, 6.45) is 0. The van der Waals surface area contributed by atoms with Gasteiger partial charge in [0.15, 0.2) is 0 Å². The minimum atomic E-state index is -5.39. The number of nitrogens with two attached hydrogens (primary N) is 1. The normalized spacial score (nSPS) is 9.54. The molecule has 2 N–H and O–H groups in total. The maximum absolute atomic E-state index is 8.55. The molecule has 5 nitrogen and oxygen atoms in total. The van der Waals surface area contributed by atoms with E-state index in [1.807, 2.05) is 18.2 Å². The van der Waals surface area contributed by atoms with E-state index >= 15 is 0 Å². The van der Waals surface area contributed by atoms with Crippen LogP contribution in [0.5, 0.6) is 0 Å². The molecule has 69 valence electrons. The second kappa shape index (κ2) is 7.02. The first-order valence-electron chi connectivity index (χ1n) is 3.18. The van der Waals surface area contributed by atoms with Gasteiger partial charge in [0, 0.05) is 0 Å². The summed E-state index contributed by atoms with van der Waals surface area (Å²) in [4.78, 5) is 25.6. The molecule has 0 bridgehead atoms. The van der Waals surface area contributed by atoms with Gasteiger partial charge in [0.05, 0.1) is 0 Å². The fourth-order valence-corrected chi connectivity index (χ4v) is 1.74. The second-order valence-corrected chi connectivity index (χ2v) is 5.57. The Morgan fingerprint density at radius 2 is 1.54 bits per heavy atom. The number of benzene rings is 1. The Balaban J connectivity index is 0.000000252. The van der Waals surface area contributed by atoms with Gasteiger partial charge in [-0.25, -0.2) is 0 Å². The van der Waals surface area contributed by atoms with E-state index in [0.29, 0.717) is 0 Å². The zero-order chi connectivity index (χ0) is 10.3. The maximum atomic E-state index is 8.55. The number of phosphoric acid groups is 1. The molecule has 0 saturated carbocycles. The molecule has 1 rings (SSSR count). The molecule has 0 radical (unpaired) electrons. The van der Waals surface area contributed by atoms with Gasteiger partial charge in [-0.05, 0) is 0 Å². The second-order valence-electron chi connectivity index (χ2n) is 1.96. The molecule has 1 aromatic carbocycles. The third-order valence-corrected chi connectivity index (χ3v) is 3.03. The molecule has 0 fully saturated rings. The van der Waals surface area contributed by atoms with E-state index in [1.54, 1.807) is 0 Å². The van der Waals surface area contributed by atoms with E-state index in [2.05, 4.69) is 12.1 Å². The first-order chi connectivity index (χ1) is 5.93. The summed E-state index contributed by atoms with van der Waals surface area (Å²) >= 11 is -0.828. The summed E-state index contributed by atoms with van der Waals surface area (Å²) in [6, 6.07) is 10.3. The van der Waals surface area contributed by atoms with Crippen LogP contribution in [-0.4, -0.2) is 0 Å². The Hall–Kier alpha value is 0.667. The van der Waals surface area contributed by atoms with Crippen molar-refractivity contribution in [3.05, 3.63) is 30.3 Å². The van der Waals surface area contributed by atoms with Crippen molar-refractivity contribution in [2.24, 2.45) is 1.70 Å². The number of hydrogen-bond donors (Lipinski definition) is 1. The molecule has 0 heterocycles. The zero-order valence-corrected chi connectivity index (χ0v) is 10.6. The molecular formula is C6H7CeNO4P. The van der Waals surface area contributed by atoms with Crippen LogP contribution < -0.4 is 17.5 Å². The van der Waals surface area contributed by atoms with Gasteiger partial charge in [-0.3, -0.25) is 0 Å². The van der Waals surface area contributed by atoms with Crippen LogP contribution in [0.4, 0.5) is 0 Å². The van der Waals surface area contributed by atoms with Crippen molar-refractivity contribution >= 4 is 8.90 Å². The van der Waals surface area contributed by atoms with Crippen molar-refractivity contribution in [3.63, 3.8) is 0 Å². The molecule has 0 unspecified atom stereocenters. The Bertz CT molecular complexity index is 267. The Labute approximate surface area is 97.1 Å². The topological polar surface area (TPSA) is 112 Å². The van der Waals surface area contributed by atoms with E-state index in [-0.39, 0.29) is 0 Å². The molecule has 0 aliphatic heterocycles. The van der Waals surface area contributed by atoms with Crippen molar-refractivity contribution in [2.75, 3.05) is 0 Å². The summed E-state index contributed by atoms with van der Waals surface area (Å²) < 4.78 is 15.5. The van der Waals surface area contributed by atoms with Gasteiger partial charge in [0.1, 0.15) is 0 Å². The average Bonchev–Trinajstić information content (AvgIpc) is 2.03. The van der Waals surface area contributed by atoms with Gasteiger partial charge in [-0.15, -0.1) is 0 Å². The van der Waals surface area contributed by atoms with E-state index in [1.165, 1.54) is 1.08 Å². The minimum absolute atomic E-state index is 0.828. The van der Waals surface area contributed by atoms with Crippen LogP contribution in [0.15, 0.2) is 30.3 Å². The Morgan fingerprint density at radius 3 is 1.77 bits per heavy atom. The molecule has 0 aliphatic carbocycles. The molecule has 0 spiro atoms. The summed E-state index contributed by atoms with van der Waals surface area (Å²) in [5.74, 6) is 0. The molecule has 13 heavy (non-hydrogen) atoms. The molecular weight excluding hydrogens is 321 g/mol. The van der Waals surface area contributed by atoms with Crippen molar-refractivity contribution < 1.29 is 57.2 Å². The van der Waals surface area contributed by atoms with Crippen LogP contribution in [0.1, 0.15) is 0 Å². The Kier molecular flexibility index (Phi) is 7.38. The standard InChI is InChI=1S/C6H5.Ce.H2N.H3O4P/c1-2-4-6-5-3-1;;;1-5(2,3)4/h1-5H;;1H2;(H3,1,2,3,4)/q;+4;-1;/p-3. The third kappa shape index (κ3) is 12.7. The zero-order valence-electron chi connectivity index (χ0n) is 6.54. The SMILES string of the molecule is O=P([O-])([O-])[O-].[NH2][Ce+3][c]1ccccc1. The van der Waals surface area contributed by atoms with E-state index in [9.17, 15) is 0 Å². The van der Waals surface area contributed by atoms with Crippen LogP contribution >= 0.6 is 7.82 Å². The fraction of sp³-hybridized carbons (Fsp3) is 0. The third-order valence-electron chi connectivity index (χ3n) is 0.940. The van der Waals surface area contributed by atoms with Crippen molar-refractivity contribution in [3.8, 4) is 0 Å². The summed E-state index contributed by atoms with van der Waals surface area (Å²) in [7, 11) is -5.39. The van der Waals surface area contributed by atoms with Crippen LogP contribution in [0, 0.1) is 37.9 Å². The number of rotatable bonds is 1.